The van der Waals surface area contributed by atoms with Crippen LogP contribution in [0.2, 0.25) is 0 Å². The zero-order valence-electron chi connectivity index (χ0n) is 22.1. The van der Waals surface area contributed by atoms with Crippen molar-refractivity contribution in [3.8, 4) is 17.3 Å². The molecule has 0 bridgehead atoms. The molecule has 194 valence electrons. The number of nitrogens with zero attached hydrogens (tertiary/aromatic N) is 4. The molecule has 2 atom stereocenters. The highest BCUT2D eigenvalue weighted by Crippen LogP contribution is 2.44. The molecule has 6 rings (SSSR count). The van der Waals surface area contributed by atoms with E-state index in [1.54, 1.807) is 0 Å². The zero-order chi connectivity index (χ0) is 26.9. The first-order chi connectivity index (χ1) is 19.0. The van der Waals surface area contributed by atoms with Gasteiger partial charge in [0, 0.05) is 29.5 Å². The predicted molar refractivity (Wildman–Crippen MR) is 159 cm³/mol. The summed E-state index contributed by atoms with van der Waals surface area (Å²) >= 11 is 5.94. The summed E-state index contributed by atoms with van der Waals surface area (Å²) in [7, 11) is 0. The van der Waals surface area contributed by atoms with Gasteiger partial charge in [-0.2, -0.15) is 0 Å². The largest absolute Gasteiger partial charge is 0.457 e. The summed E-state index contributed by atoms with van der Waals surface area (Å²) in [4.78, 5) is 11.6. The van der Waals surface area contributed by atoms with Crippen molar-refractivity contribution in [2.75, 3.05) is 4.90 Å². The maximum absolute atomic E-state index is 6.03. The van der Waals surface area contributed by atoms with Crippen LogP contribution >= 0.6 is 12.2 Å². The second-order valence-corrected chi connectivity index (χ2v) is 10.1. The van der Waals surface area contributed by atoms with Crippen LogP contribution in [0.5, 0.6) is 11.5 Å². The van der Waals surface area contributed by atoms with Crippen LogP contribution in [0.25, 0.3) is 5.82 Å². The lowest BCUT2D eigenvalue weighted by Gasteiger charge is -2.28. The number of thiocarbonyl (C=S) groups is 1. The number of rotatable bonds is 6. The molecule has 4 heterocycles. The second kappa shape index (κ2) is 10.3. The average molecular weight is 532 g/mol. The summed E-state index contributed by atoms with van der Waals surface area (Å²) in [6.45, 7) is 6.36. The van der Waals surface area contributed by atoms with E-state index in [1.807, 2.05) is 73.1 Å². The van der Waals surface area contributed by atoms with E-state index in [0.717, 1.165) is 40.1 Å². The Morgan fingerprint density at radius 2 is 1.54 bits per heavy atom. The molecule has 1 N–H and O–H groups in total. The summed E-state index contributed by atoms with van der Waals surface area (Å²) in [5, 5.41) is 4.22. The number of para-hydroxylation sites is 1. The van der Waals surface area contributed by atoms with Gasteiger partial charge in [0.05, 0.1) is 17.8 Å². The van der Waals surface area contributed by atoms with Crippen LogP contribution in [-0.2, 0) is 0 Å². The van der Waals surface area contributed by atoms with Gasteiger partial charge in [0.25, 0.3) is 0 Å². The molecule has 0 unspecified atom stereocenters. The standard InChI is InChI=1S/C32H29N5OS/c1-21-16-18-34-29(19-21)36-22(2)20-27(23(36)3)31-30(28-11-7-8-17-33-28)35-32(39)37(31)24-12-14-26(15-13-24)38-25-9-5-4-6-10-25/h4-20,30-31H,1-3H3,(H,35,39)/t30-,31+/m0/s1. The van der Waals surface area contributed by atoms with Crippen LogP contribution in [0, 0.1) is 20.8 Å². The van der Waals surface area contributed by atoms with E-state index in [2.05, 4.69) is 70.9 Å². The minimum Gasteiger partial charge on any atom is -0.457 e. The van der Waals surface area contributed by atoms with Crippen molar-refractivity contribution < 1.29 is 4.74 Å². The van der Waals surface area contributed by atoms with Gasteiger partial charge in [-0.1, -0.05) is 24.3 Å². The quantitative estimate of drug-likeness (QED) is 0.235. The molecule has 0 aliphatic carbocycles. The highest BCUT2D eigenvalue weighted by Gasteiger charge is 2.42. The molecular formula is C32H29N5OS. The Hall–Kier alpha value is -4.49. The highest BCUT2D eigenvalue weighted by molar-refractivity contribution is 7.80. The average Bonchev–Trinajstić information content (AvgIpc) is 3.45. The molecule has 1 aliphatic rings. The molecule has 0 saturated carbocycles. The second-order valence-electron chi connectivity index (χ2n) is 9.76. The molecule has 0 amide bonds. The van der Waals surface area contributed by atoms with Crippen molar-refractivity contribution >= 4 is 23.0 Å². The lowest BCUT2D eigenvalue weighted by Crippen LogP contribution is -2.29. The molecular weight excluding hydrogens is 502 g/mol. The molecule has 7 heteroatoms. The van der Waals surface area contributed by atoms with Gasteiger partial charge in [-0.05, 0) is 111 Å². The Balaban J connectivity index is 1.42. The van der Waals surface area contributed by atoms with Gasteiger partial charge in [0.15, 0.2) is 5.11 Å². The number of pyridine rings is 2. The number of hydrogen-bond donors (Lipinski definition) is 1. The topological polar surface area (TPSA) is 55.2 Å². The minimum atomic E-state index is -0.127. The van der Waals surface area contributed by atoms with Gasteiger partial charge in [0.1, 0.15) is 17.3 Å². The molecule has 0 spiro atoms. The molecule has 2 aromatic carbocycles. The summed E-state index contributed by atoms with van der Waals surface area (Å²) in [5.74, 6) is 2.48. The SMILES string of the molecule is Cc1ccnc(-n2c(C)cc([C@@H]3[C@H](c4ccccn4)NC(=S)N3c3ccc(Oc4ccccc4)cc3)c2C)c1. The number of aryl methyl sites for hydroxylation is 2. The van der Waals surface area contributed by atoms with E-state index in [-0.39, 0.29) is 12.1 Å². The van der Waals surface area contributed by atoms with E-state index < -0.39 is 0 Å². The van der Waals surface area contributed by atoms with Gasteiger partial charge < -0.3 is 19.5 Å². The molecule has 5 aromatic rings. The lowest BCUT2D eigenvalue weighted by atomic mass is 9.96. The monoisotopic (exact) mass is 531 g/mol. The fourth-order valence-corrected chi connectivity index (χ4v) is 5.68. The fraction of sp³-hybridized carbons (Fsp3) is 0.156. The summed E-state index contributed by atoms with van der Waals surface area (Å²) in [5.41, 5.74) is 6.50. The smallest absolute Gasteiger partial charge is 0.174 e. The van der Waals surface area contributed by atoms with Crippen molar-refractivity contribution in [2.24, 2.45) is 0 Å². The number of nitrogens with one attached hydrogen (secondary N) is 1. The van der Waals surface area contributed by atoms with E-state index in [0.29, 0.717) is 5.11 Å². The van der Waals surface area contributed by atoms with E-state index in [9.17, 15) is 0 Å². The van der Waals surface area contributed by atoms with Gasteiger partial charge in [-0.3, -0.25) is 4.98 Å². The third-order valence-corrected chi connectivity index (χ3v) is 7.43. The van der Waals surface area contributed by atoms with Crippen molar-refractivity contribution in [1.82, 2.24) is 19.9 Å². The zero-order valence-corrected chi connectivity index (χ0v) is 22.9. The third kappa shape index (κ3) is 4.77. The highest BCUT2D eigenvalue weighted by atomic mass is 32.1. The van der Waals surface area contributed by atoms with Crippen LogP contribution in [0.1, 0.15) is 40.3 Å². The van der Waals surface area contributed by atoms with Crippen molar-refractivity contribution in [3.05, 3.63) is 132 Å². The van der Waals surface area contributed by atoms with Crippen molar-refractivity contribution in [3.63, 3.8) is 0 Å². The molecule has 1 fully saturated rings. The molecule has 0 radical (unpaired) electrons. The van der Waals surface area contributed by atoms with Crippen LogP contribution < -0.4 is 15.0 Å². The van der Waals surface area contributed by atoms with Crippen LogP contribution in [-0.4, -0.2) is 19.6 Å². The molecule has 39 heavy (non-hydrogen) atoms. The Morgan fingerprint density at radius 3 is 2.26 bits per heavy atom. The number of aromatic nitrogens is 3. The first-order valence-corrected chi connectivity index (χ1v) is 13.4. The first-order valence-electron chi connectivity index (χ1n) is 12.9. The van der Waals surface area contributed by atoms with E-state index >= 15 is 0 Å². The Kier molecular flexibility index (Phi) is 6.59. The van der Waals surface area contributed by atoms with E-state index in [1.165, 1.54) is 11.1 Å². The normalized spacial score (nSPS) is 16.8. The molecule has 3 aromatic heterocycles. The number of ether oxygens (including phenoxy) is 1. The summed E-state index contributed by atoms with van der Waals surface area (Å²) in [6, 6.07) is 30.0. The molecule has 1 saturated heterocycles. The van der Waals surface area contributed by atoms with Gasteiger partial charge in [0.2, 0.25) is 0 Å². The van der Waals surface area contributed by atoms with Gasteiger partial charge in [-0.25, -0.2) is 4.98 Å². The number of hydrogen-bond acceptors (Lipinski definition) is 4. The number of benzene rings is 2. The number of anilines is 1. The maximum Gasteiger partial charge on any atom is 0.174 e. The van der Waals surface area contributed by atoms with Crippen LogP contribution in [0.3, 0.4) is 0 Å². The van der Waals surface area contributed by atoms with Crippen molar-refractivity contribution in [1.29, 1.82) is 0 Å². The Morgan fingerprint density at radius 1 is 0.795 bits per heavy atom. The van der Waals surface area contributed by atoms with Crippen molar-refractivity contribution in [2.45, 2.75) is 32.9 Å². The summed E-state index contributed by atoms with van der Waals surface area (Å²) in [6.07, 6.45) is 3.69. The Bertz CT molecular complexity index is 1620. The van der Waals surface area contributed by atoms with E-state index in [4.69, 9.17) is 21.9 Å². The maximum atomic E-state index is 6.03. The Labute approximate surface area is 233 Å². The molecule has 6 nitrogen and oxygen atoms in total. The fourth-order valence-electron chi connectivity index (χ4n) is 5.33. The van der Waals surface area contributed by atoms with Gasteiger partial charge in [-0.15, -0.1) is 0 Å². The summed E-state index contributed by atoms with van der Waals surface area (Å²) < 4.78 is 8.25. The molecule has 1 aliphatic heterocycles. The minimum absolute atomic E-state index is 0.113. The third-order valence-electron chi connectivity index (χ3n) is 7.11. The van der Waals surface area contributed by atoms with Crippen LogP contribution in [0.4, 0.5) is 5.69 Å². The van der Waals surface area contributed by atoms with Gasteiger partial charge >= 0.3 is 0 Å². The first kappa shape index (κ1) is 24.8. The van der Waals surface area contributed by atoms with Crippen LogP contribution in [0.15, 0.2) is 103 Å². The predicted octanol–water partition coefficient (Wildman–Crippen LogP) is 7.16. The lowest BCUT2D eigenvalue weighted by molar-refractivity contribution is 0.482.